The second-order valence-electron chi connectivity index (χ2n) is 3.79. The first-order valence-corrected chi connectivity index (χ1v) is 5.23. The van der Waals surface area contributed by atoms with Gasteiger partial charge in [-0.15, -0.1) is 0 Å². The average molecular weight is 253 g/mol. The molecule has 1 aromatic carbocycles. The Morgan fingerprint density at radius 2 is 2.17 bits per heavy atom. The molecule has 0 heterocycles. The zero-order valence-corrected chi connectivity index (χ0v) is 10.3. The molecule has 0 aliphatic heterocycles. The summed E-state index contributed by atoms with van der Waals surface area (Å²) in [5.74, 6) is 0.593. The molecule has 1 rings (SSSR count). The molecule has 0 aromatic heterocycles. The van der Waals surface area contributed by atoms with Gasteiger partial charge in [0.1, 0.15) is 6.61 Å². The van der Waals surface area contributed by atoms with Crippen LogP contribution in [0.2, 0.25) is 0 Å². The molecule has 0 unspecified atom stereocenters. The van der Waals surface area contributed by atoms with Crippen LogP contribution < -0.4 is 9.47 Å². The highest BCUT2D eigenvalue weighted by Gasteiger charge is 2.19. The van der Waals surface area contributed by atoms with Crippen LogP contribution in [0.4, 0.5) is 5.69 Å². The highest BCUT2D eigenvalue weighted by molar-refractivity contribution is 5.54. The highest BCUT2D eigenvalue weighted by atomic mass is 16.6. The molecule has 0 aliphatic rings. The van der Waals surface area contributed by atoms with Gasteiger partial charge in [-0.1, -0.05) is 6.58 Å². The van der Waals surface area contributed by atoms with Crippen molar-refractivity contribution in [2.45, 2.75) is 13.5 Å². The van der Waals surface area contributed by atoms with Crippen LogP contribution in [0.5, 0.6) is 11.5 Å². The van der Waals surface area contributed by atoms with Crippen molar-refractivity contribution < 1.29 is 19.5 Å². The molecule has 18 heavy (non-hydrogen) atoms. The van der Waals surface area contributed by atoms with Crippen LogP contribution in [-0.4, -0.2) is 23.7 Å². The van der Waals surface area contributed by atoms with Gasteiger partial charge in [0.15, 0.2) is 11.5 Å². The molecule has 0 aliphatic carbocycles. The zero-order chi connectivity index (χ0) is 13.7. The molecule has 1 aromatic rings. The van der Waals surface area contributed by atoms with E-state index in [1.165, 1.54) is 19.2 Å². The van der Waals surface area contributed by atoms with E-state index in [2.05, 4.69) is 6.58 Å². The van der Waals surface area contributed by atoms with Crippen molar-refractivity contribution in [1.29, 1.82) is 0 Å². The fraction of sp³-hybridized carbons (Fsp3) is 0.333. The smallest absolute Gasteiger partial charge is 0.278 e. The number of ether oxygens (including phenoxy) is 2. The number of nitrogens with zero attached hydrogens (tertiary/aromatic N) is 1. The van der Waals surface area contributed by atoms with E-state index in [9.17, 15) is 10.1 Å². The van der Waals surface area contributed by atoms with Crippen molar-refractivity contribution >= 4 is 5.69 Å². The Kier molecular flexibility index (Phi) is 4.67. The number of hydrogen-bond donors (Lipinski definition) is 1. The minimum Gasteiger partial charge on any atom is -0.493 e. The van der Waals surface area contributed by atoms with Gasteiger partial charge in [0.05, 0.1) is 30.3 Å². The van der Waals surface area contributed by atoms with E-state index in [1.54, 1.807) is 6.92 Å². The quantitative estimate of drug-likeness (QED) is 0.476. The second-order valence-corrected chi connectivity index (χ2v) is 3.79. The number of aliphatic hydroxyl groups excluding tert-OH is 1. The van der Waals surface area contributed by atoms with Gasteiger partial charge >= 0.3 is 0 Å². The number of nitro benzene ring substituents is 1. The van der Waals surface area contributed by atoms with Gasteiger partial charge in [-0.3, -0.25) is 10.1 Å². The number of nitro groups is 1. The van der Waals surface area contributed by atoms with Gasteiger partial charge in [-0.25, -0.2) is 0 Å². The first-order chi connectivity index (χ1) is 8.49. The SMILES string of the molecule is C=C(C)COc1cc([N+](=O)[O-])c(CO)cc1OC. The van der Waals surface area contributed by atoms with Crippen LogP contribution in [0.25, 0.3) is 0 Å². The maximum absolute atomic E-state index is 10.9. The molecule has 0 saturated carbocycles. The van der Waals surface area contributed by atoms with Crippen LogP contribution in [0, 0.1) is 10.1 Å². The van der Waals surface area contributed by atoms with E-state index >= 15 is 0 Å². The molecule has 0 bridgehead atoms. The molecular formula is C12H15NO5. The van der Waals surface area contributed by atoms with Gasteiger partial charge in [0, 0.05) is 0 Å². The summed E-state index contributed by atoms with van der Waals surface area (Å²) >= 11 is 0. The summed E-state index contributed by atoms with van der Waals surface area (Å²) in [6.07, 6.45) is 0. The van der Waals surface area contributed by atoms with Crippen LogP contribution >= 0.6 is 0 Å². The fourth-order valence-corrected chi connectivity index (χ4v) is 1.36. The summed E-state index contributed by atoms with van der Waals surface area (Å²) in [7, 11) is 1.43. The van der Waals surface area contributed by atoms with E-state index in [-0.39, 0.29) is 23.6 Å². The number of methoxy groups -OCH3 is 1. The van der Waals surface area contributed by atoms with Gasteiger partial charge < -0.3 is 14.6 Å². The molecule has 1 N–H and O–H groups in total. The predicted molar refractivity (Wildman–Crippen MR) is 65.9 cm³/mol. The lowest BCUT2D eigenvalue weighted by atomic mass is 10.1. The Hall–Kier alpha value is -2.08. The minimum atomic E-state index is -0.571. The van der Waals surface area contributed by atoms with Crippen molar-refractivity contribution in [2.75, 3.05) is 13.7 Å². The Labute approximate surface area is 105 Å². The van der Waals surface area contributed by atoms with E-state index in [1.807, 2.05) is 0 Å². The van der Waals surface area contributed by atoms with E-state index in [4.69, 9.17) is 14.6 Å². The van der Waals surface area contributed by atoms with E-state index in [0.29, 0.717) is 5.75 Å². The van der Waals surface area contributed by atoms with Crippen LogP contribution in [0.1, 0.15) is 12.5 Å². The Bertz CT molecular complexity index is 470. The lowest BCUT2D eigenvalue weighted by molar-refractivity contribution is -0.385. The molecule has 0 radical (unpaired) electrons. The Morgan fingerprint density at radius 3 is 2.61 bits per heavy atom. The lowest BCUT2D eigenvalue weighted by Gasteiger charge is -2.12. The topological polar surface area (TPSA) is 81.8 Å². The zero-order valence-electron chi connectivity index (χ0n) is 10.3. The molecular weight excluding hydrogens is 238 g/mol. The van der Waals surface area contributed by atoms with Crippen molar-refractivity contribution in [3.63, 3.8) is 0 Å². The molecule has 98 valence electrons. The minimum absolute atomic E-state index is 0.180. The third-order valence-corrected chi connectivity index (χ3v) is 2.21. The first-order valence-electron chi connectivity index (χ1n) is 5.23. The summed E-state index contributed by atoms with van der Waals surface area (Å²) in [6.45, 7) is 5.26. The van der Waals surface area contributed by atoms with Crippen molar-refractivity contribution in [3.8, 4) is 11.5 Å². The molecule has 6 nitrogen and oxygen atoms in total. The second kappa shape index (κ2) is 6.02. The first kappa shape index (κ1) is 14.0. The standard InChI is InChI=1S/C12H15NO5/c1-8(2)7-18-12-5-10(13(15)16)9(6-14)4-11(12)17-3/h4-5,14H,1,6-7H2,2-3H3. The summed E-state index contributed by atoms with van der Waals surface area (Å²) in [6, 6.07) is 2.64. The van der Waals surface area contributed by atoms with Gasteiger partial charge in [0.2, 0.25) is 0 Å². The maximum Gasteiger partial charge on any atom is 0.278 e. The summed E-state index contributed by atoms with van der Waals surface area (Å²) in [5.41, 5.74) is 0.764. The number of rotatable bonds is 6. The van der Waals surface area contributed by atoms with Gasteiger partial charge in [-0.2, -0.15) is 0 Å². The molecule has 0 amide bonds. The Morgan fingerprint density at radius 1 is 1.50 bits per heavy atom. The number of hydrogen-bond acceptors (Lipinski definition) is 5. The average Bonchev–Trinajstić information content (AvgIpc) is 2.34. The van der Waals surface area contributed by atoms with Gasteiger partial charge in [0.25, 0.3) is 5.69 Å². The third kappa shape index (κ3) is 3.21. The third-order valence-electron chi connectivity index (χ3n) is 2.21. The normalized spacial score (nSPS) is 9.94. The largest absolute Gasteiger partial charge is 0.493 e. The molecule has 0 spiro atoms. The molecule has 0 atom stereocenters. The molecule has 0 fully saturated rings. The maximum atomic E-state index is 10.9. The summed E-state index contributed by atoms with van der Waals surface area (Å²) in [4.78, 5) is 10.3. The number of aliphatic hydroxyl groups is 1. The van der Waals surface area contributed by atoms with E-state index in [0.717, 1.165) is 5.57 Å². The summed E-state index contributed by atoms with van der Waals surface area (Å²) < 4.78 is 10.4. The van der Waals surface area contributed by atoms with Crippen LogP contribution in [0.15, 0.2) is 24.3 Å². The van der Waals surface area contributed by atoms with Crippen molar-refractivity contribution in [3.05, 3.63) is 40.0 Å². The number of benzene rings is 1. The Balaban J connectivity index is 3.18. The van der Waals surface area contributed by atoms with E-state index < -0.39 is 11.5 Å². The summed E-state index contributed by atoms with van der Waals surface area (Å²) in [5, 5.41) is 19.9. The molecule has 6 heteroatoms. The predicted octanol–water partition coefficient (Wildman–Crippen LogP) is 2.05. The monoisotopic (exact) mass is 253 g/mol. The van der Waals surface area contributed by atoms with Crippen molar-refractivity contribution in [2.24, 2.45) is 0 Å². The van der Waals surface area contributed by atoms with Gasteiger partial charge in [-0.05, 0) is 18.6 Å². The molecule has 0 saturated heterocycles. The van der Waals surface area contributed by atoms with Crippen LogP contribution in [-0.2, 0) is 6.61 Å². The fourth-order valence-electron chi connectivity index (χ4n) is 1.36. The van der Waals surface area contributed by atoms with Crippen molar-refractivity contribution in [1.82, 2.24) is 0 Å². The van der Waals surface area contributed by atoms with Crippen LogP contribution in [0.3, 0.4) is 0 Å². The highest BCUT2D eigenvalue weighted by Crippen LogP contribution is 2.34. The lowest BCUT2D eigenvalue weighted by Crippen LogP contribution is -2.03.